The van der Waals surface area contributed by atoms with Gasteiger partial charge in [-0.25, -0.2) is 13.2 Å². The van der Waals surface area contributed by atoms with Gasteiger partial charge in [0, 0.05) is 17.8 Å². The first-order valence-corrected chi connectivity index (χ1v) is 8.97. The first-order chi connectivity index (χ1) is 9.85. The van der Waals surface area contributed by atoms with E-state index in [1.165, 1.54) is 6.07 Å². The molecule has 0 aliphatic carbocycles. The third kappa shape index (κ3) is 4.76. The lowest BCUT2D eigenvalue weighted by atomic mass is 10.1. The molecule has 0 spiro atoms. The minimum atomic E-state index is -3.16. The number of sulfone groups is 1. The molecule has 21 heavy (non-hydrogen) atoms. The van der Waals surface area contributed by atoms with Crippen LogP contribution in [0.4, 0.5) is 0 Å². The van der Waals surface area contributed by atoms with E-state index >= 15 is 0 Å². The van der Waals surface area contributed by atoms with E-state index in [0.717, 1.165) is 17.8 Å². The molecule has 0 fully saturated rings. The summed E-state index contributed by atoms with van der Waals surface area (Å²) in [5.41, 5.74) is 1.19. The Labute approximate surface area is 130 Å². The van der Waals surface area contributed by atoms with Gasteiger partial charge in [0.15, 0.2) is 9.84 Å². The first kappa shape index (κ1) is 15.9. The molecule has 0 saturated carbocycles. The maximum atomic E-state index is 11.9. The van der Waals surface area contributed by atoms with Gasteiger partial charge in [-0.05, 0) is 17.7 Å². The van der Waals surface area contributed by atoms with Gasteiger partial charge in [-0.3, -0.25) is 0 Å². The van der Waals surface area contributed by atoms with Crippen molar-refractivity contribution < 1.29 is 17.9 Å². The SMILES string of the molecule is CS(=O)(=O)Cc1cccc(C(=O)OCc2nnsc2Cl)c1. The molecule has 2 rings (SSSR count). The normalized spacial score (nSPS) is 11.3. The van der Waals surface area contributed by atoms with Gasteiger partial charge in [0.05, 0.1) is 11.3 Å². The number of aromatic nitrogens is 2. The van der Waals surface area contributed by atoms with E-state index in [0.29, 0.717) is 15.6 Å². The van der Waals surface area contributed by atoms with Crippen LogP contribution in [-0.2, 0) is 26.9 Å². The van der Waals surface area contributed by atoms with E-state index in [2.05, 4.69) is 9.59 Å². The first-order valence-electron chi connectivity index (χ1n) is 5.75. The van der Waals surface area contributed by atoms with Crippen LogP contribution in [-0.4, -0.2) is 30.2 Å². The highest BCUT2D eigenvalue weighted by molar-refractivity contribution is 7.89. The minimum absolute atomic E-state index is 0.0789. The summed E-state index contributed by atoms with van der Waals surface area (Å²) in [5.74, 6) is -0.704. The molecule has 9 heteroatoms. The summed E-state index contributed by atoms with van der Waals surface area (Å²) in [6.45, 7) is -0.0789. The lowest BCUT2D eigenvalue weighted by Crippen LogP contribution is -2.07. The summed E-state index contributed by atoms with van der Waals surface area (Å²) in [6.07, 6.45) is 1.13. The topological polar surface area (TPSA) is 86.2 Å². The number of rotatable bonds is 5. The van der Waals surface area contributed by atoms with Crippen molar-refractivity contribution in [3.8, 4) is 0 Å². The van der Waals surface area contributed by atoms with Crippen molar-refractivity contribution in [2.45, 2.75) is 12.4 Å². The average molecular weight is 347 g/mol. The number of halogens is 1. The van der Waals surface area contributed by atoms with Crippen molar-refractivity contribution in [1.29, 1.82) is 0 Å². The van der Waals surface area contributed by atoms with Gasteiger partial charge in [-0.15, -0.1) is 5.10 Å². The number of nitrogens with zero attached hydrogens (tertiary/aromatic N) is 2. The van der Waals surface area contributed by atoms with Crippen LogP contribution in [0.1, 0.15) is 21.6 Å². The Morgan fingerprint density at radius 2 is 2.19 bits per heavy atom. The van der Waals surface area contributed by atoms with Gasteiger partial charge in [0.25, 0.3) is 0 Å². The number of carbonyl (C=O) groups is 1. The second kappa shape index (κ2) is 6.50. The molecule has 1 aromatic carbocycles. The number of ether oxygens (including phenoxy) is 1. The molecule has 1 heterocycles. The molecular formula is C12H11ClN2O4S2. The summed E-state index contributed by atoms with van der Waals surface area (Å²) in [7, 11) is -3.16. The van der Waals surface area contributed by atoms with Crippen LogP contribution in [0.5, 0.6) is 0 Å². The molecule has 1 aromatic heterocycles. The van der Waals surface area contributed by atoms with Gasteiger partial charge >= 0.3 is 5.97 Å². The van der Waals surface area contributed by atoms with E-state index in [9.17, 15) is 13.2 Å². The molecule has 0 radical (unpaired) electrons. The van der Waals surface area contributed by atoms with E-state index in [1.54, 1.807) is 18.2 Å². The van der Waals surface area contributed by atoms with E-state index in [1.807, 2.05) is 0 Å². The Balaban J connectivity index is 2.06. The summed E-state index contributed by atoms with van der Waals surface area (Å²) in [4.78, 5) is 11.9. The zero-order valence-electron chi connectivity index (χ0n) is 10.9. The maximum absolute atomic E-state index is 11.9. The fourth-order valence-electron chi connectivity index (χ4n) is 1.59. The van der Waals surface area contributed by atoms with Crippen molar-refractivity contribution in [3.05, 3.63) is 45.4 Å². The Bertz CT molecular complexity index is 758. The van der Waals surface area contributed by atoms with Crippen LogP contribution in [0.3, 0.4) is 0 Å². The molecule has 0 amide bonds. The van der Waals surface area contributed by atoms with Crippen molar-refractivity contribution in [2.75, 3.05) is 6.26 Å². The van der Waals surface area contributed by atoms with E-state index < -0.39 is 15.8 Å². The van der Waals surface area contributed by atoms with Gasteiger partial charge in [0.2, 0.25) is 0 Å². The number of carbonyl (C=O) groups excluding carboxylic acids is 1. The average Bonchev–Trinajstić information content (AvgIpc) is 2.80. The fourth-order valence-corrected chi connectivity index (χ4v) is 2.98. The molecule has 0 N–H and O–H groups in total. The Morgan fingerprint density at radius 3 is 2.81 bits per heavy atom. The van der Waals surface area contributed by atoms with Crippen LogP contribution in [0, 0.1) is 0 Å². The molecule has 112 valence electrons. The monoisotopic (exact) mass is 346 g/mol. The molecular weight excluding hydrogens is 336 g/mol. The van der Waals surface area contributed by atoms with Crippen molar-refractivity contribution in [1.82, 2.24) is 9.59 Å². The third-order valence-electron chi connectivity index (χ3n) is 2.44. The Morgan fingerprint density at radius 1 is 1.43 bits per heavy atom. The summed E-state index contributed by atoms with van der Waals surface area (Å²) in [5, 5.41) is 3.73. The number of hydrogen-bond acceptors (Lipinski definition) is 7. The zero-order valence-corrected chi connectivity index (χ0v) is 13.3. The lowest BCUT2D eigenvalue weighted by Gasteiger charge is -2.05. The fraction of sp³-hybridized carbons (Fsp3) is 0.250. The highest BCUT2D eigenvalue weighted by atomic mass is 35.5. The zero-order chi connectivity index (χ0) is 15.5. The Hall–Kier alpha value is -1.51. The number of esters is 1. The number of hydrogen-bond donors (Lipinski definition) is 0. The van der Waals surface area contributed by atoms with Crippen molar-refractivity contribution in [3.63, 3.8) is 0 Å². The van der Waals surface area contributed by atoms with Crippen LogP contribution >= 0.6 is 23.1 Å². The summed E-state index contributed by atoms with van der Waals surface area (Å²) in [6, 6.07) is 6.28. The predicted molar refractivity (Wildman–Crippen MR) is 79.0 cm³/mol. The van der Waals surface area contributed by atoms with Crippen molar-refractivity contribution in [2.24, 2.45) is 0 Å². The van der Waals surface area contributed by atoms with Gasteiger partial charge in [0.1, 0.15) is 16.6 Å². The molecule has 0 bridgehead atoms. The van der Waals surface area contributed by atoms with Gasteiger partial charge < -0.3 is 4.74 Å². The highest BCUT2D eigenvalue weighted by Crippen LogP contribution is 2.18. The summed E-state index contributed by atoms with van der Waals surface area (Å²) < 4.78 is 31.6. The molecule has 0 unspecified atom stereocenters. The second-order valence-electron chi connectivity index (χ2n) is 4.34. The van der Waals surface area contributed by atoms with E-state index in [-0.39, 0.29) is 17.9 Å². The smallest absolute Gasteiger partial charge is 0.338 e. The molecule has 0 aliphatic rings. The molecule has 2 aromatic rings. The Kier molecular flexibility index (Phi) is 4.92. The van der Waals surface area contributed by atoms with Crippen LogP contribution in [0.15, 0.2) is 24.3 Å². The van der Waals surface area contributed by atoms with E-state index in [4.69, 9.17) is 16.3 Å². The third-order valence-corrected chi connectivity index (χ3v) is 4.28. The largest absolute Gasteiger partial charge is 0.455 e. The maximum Gasteiger partial charge on any atom is 0.338 e. The van der Waals surface area contributed by atoms with Crippen LogP contribution in [0.2, 0.25) is 4.34 Å². The van der Waals surface area contributed by atoms with Crippen LogP contribution in [0.25, 0.3) is 0 Å². The number of benzene rings is 1. The standard InChI is InChI=1S/C12H11ClN2O4S2/c1-21(17,18)7-8-3-2-4-9(5-8)12(16)19-6-10-11(13)20-15-14-10/h2-5H,6-7H2,1H3. The quantitative estimate of drug-likeness (QED) is 0.770. The van der Waals surface area contributed by atoms with Gasteiger partial charge in [-0.2, -0.15) is 0 Å². The lowest BCUT2D eigenvalue weighted by molar-refractivity contribution is 0.0468. The van der Waals surface area contributed by atoms with Crippen LogP contribution < -0.4 is 0 Å². The molecule has 0 aliphatic heterocycles. The summed E-state index contributed by atoms with van der Waals surface area (Å²) >= 11 is 6.81. The molecule has 0 saturated heterocycles. The van der Waals surface area contributed by atoms with Gasteiger partial charge in [-0.1, -0.05) is 28.2 Å². The predicted octanol–water partition coefficient (Wildman–Crippen LogP) is 2.09. The highest BCUT2D eigenvalue weighted by Gasteiger charge is 2.13. The second-order valence-corrected chi connectivity index (χ2v) is 7.84. The molecule has 0 atom stereocenters. The molecule has 6 nitrogen and oxygen atoms in total. The minimum Gasteiger partial charge on any atom is -0.455 e. The van der Waals surface area contributed by atoms with Crippen molar-refractivity contribution >= 4 is 38.9 Å².